The number of carbonyl (C=O) groups is 1. The highest BCUT2D eigenvalue weighted by Gasteiger charge is 2.18. The number of rotatable bonds is 3. The number of carbonyl (C=O) groups excluding carboxylic acids is 1. The van der Waals surface area contributed by atoms with E-state index in [1.807, 2.05) is 32.0 Å². The maximum atomic E-state index is 11.7. The van der Waals surface area contributed by atoms with Crippen molar-refractivity contribution < 1.29 is 4.79 Å². The monoisotopic (exact) mass is 213 g/mol. The smallest absolute Gasteiger partial charge is 0.179 e. The first-order valence-electron chi connectivity index (χ1n) is 4.47. The maximum Gasteiger partial charge on any atom is 0.179 e. The van der Waals surface area contributed by atoms with Crippen LogP contribution in [0.4, 0.5) is 0 Å². The largest absolute Gasteiger partial charge is 0.321 e. The molecule has 1 rings (SSSR count). The van der Waals surface area contributed by atoms with Crippen LogP contribution in [0.25, 0.3) is 0 Å². The van der Waals surface area contributed by atoms with Crippen LogP contribution in [0.1, 0.15) is 24.2 Å². The molecule has 1 aromatic carbocycles. The SMILES string of the molecule is CC(C)C(N)C(=O)c1ccccc1.Cl. The standard InChI is InChI=1S/C11H15NO.ClH/c1-8(2)10(12)11(13)9-6-4-3-5-7-9;/h3-8,10H,12H2,1-2H3;1H. The van der Waals surface area contributed by atoms with E-state index in [1.165, 1.54) is 0 Å². The predicted octanol–water partition coefficient (Wildman–Crippen LogP) is 2.27. The van der Waals surface area contributed by atoms with Crippen molar-refractivity contribution in [3.63, 3.8) is 0 Å². The number of ketones is 1. The van der Waals surface area contributed by atoms with Crippen LogP contribution in [0, 0.1) is 5.92 Å². The number of halogens is 1. The number of Topliss-reactive ketones (excluding diaryl/α,β-unsaturated/α-hetero) is 1. The highest BCUT2D eigenvalue weighted by atomic mass is 35.5. The molecule has 0 spiro atoms. The molecule has 1 atom stereocenters. The van der Waals surface area contributed by atoms with Gasteiger partial charge in [0, 0.05) is 5.56 Å². The van der Waals surface area contributed by atoms with Crippen LogP contribution < -0.4 is 5.73 Å². The van der Waals surface area contributed by atoms with Crippen LogP contribution in [0.2, 0.25) is 0 Å². The molecule has 0 radical (unpaired) electrons. The van der Waals surface area contributed by atoms with Gasteiger partial charge in [0.05, 0.1) is 6.04 Å². The summed E-state index contributed by atoms with van der Waals surface area (Å²) in [6.45, 7) is 3.90. The van der Waals surface area contributed by atoms with Crippen LogP contribution in [0.5, 0.6) is 0 Å². The number of hydrogen-bond donors (Lipinski definition) is 1. The summed E-state index contributed by atoms with van der Waals surface area (Å²) in [6.07, 6.45) is 0. The first kappa shape index (κ1) is 13.1. The van der Waals surface area contributed by atoms with Crippen molar-refractivity contribution in [2.45, 2.75) is 19.9 Å². The van der Waals surface area contributed by atoms with Gasteiger partial charge in [0.25, 0.3) is 0 Å². The van der Waals surface area contributed by atoms with Gasteiger partial charge in [-0.2, -0.15) is 0 Å². The molecule has 0 heterocycles. The summed E-state index contributed by atoms with van der Waals surface area (Å²) in [7, 11) is 0. The van der Waals surface area contributed by atoms with E-state index in [9.17, 15) is 4.79 Å². The average molecular weight is 214 g/mol. The fourth-order valence-electron chi connectivity index (χ4n) is 1.10. The summed E-state index contributed by atoms with van der Waals surface area (Å²) in [6, 6.07) is 8.79. The van der Waals surface area contributed by atoms with Crippen LogP contribution in [0.15, 0.2) is 30.3 Å². The van der Waals surface area contributed by atoms with Crippen molar-refractivity contribution in [1.82, 2.24) is 0 Å². The maximum absolute atomic E-state index is 11.7. The Morgan fingerprint density at radius 1 is 1.21 bits per heavy atom. The molecule has 2 nitrogen and oxygen atoms in total. The Labute approximate surface area is 90.9 Å². The fourth-order valence-corrected chi connectivity index (χ4v) is 1.10. The fraction of sp³-hybridized carbons (Fsp3) is 0.364. The van der Waals surface area contributed by atoms with Gasteiger partial charge in [-0.25, -0.2) is 0 Å². The topological polar surface area (TPSA) is 43.1 Å². The zero-order valence-electron chi connectivity index (χ0n) is 8.44. The molecule has 0 saturated carbocycles. The zero-order chi connectivity index (χ0) is 9.84. The Morgan fingerprint density at radius 3 is 2.14 bits per heavy atom. The van der Waals surface area contributed by atoms with E-state index in [4.69, 9.17) is 5.73 Å². The van der Waals surface area contributed by atoms with Crippen LogP contribution >= 0.6 is 12.4 Å². The summed E-state index contributed by atoms with van der Waals surface area (Å²) in [5.74, 6) is 0.211. The summed E-state index contributed by atoms with van der Waals surface area (Å²) in [5, 5.41) is 0. The molecule has 0 amide bonds. The lowest BCUT2D eigenvalue weighted by Gasteiger charge is -2.13. The molecule has 0 aliphatic rings. The summed E-state index contributed by atoms with van der Waals surface area (Å²) in [5.41, 5.74) is 6.44. The molecule has 3 heteroatoms. The van der Waals surface area contributed by atoms with Gasteiger partial charge in [0.2, 0.25) is 0 Å². The third kappa shape index (κ3) is 3.13. The third-order valence-corrected chi connectivity index (χ3v) is 2.08. The molecule has 0 fully saturated rings. The van der Waals surface area contributed by atoms with Crippen molar-refractivity contribution in [3.8, 4) is 0 Å². The van der Waals surface area contributed by atoms with Gasteiger partial charge in [-0.05, 0) is 5.92 Å². The Morgan fingerprint density at radius 2 is 1.71 bits per heavy atom. The summed E-state index contributed by atoms with van der Waals surface area (Å²) >= 11 is 0. The molecule has 0 saturated heterocycles. The molecule has 0 aliphatic heterocycles. The summed E-state index contributed by atoms with van der Waals surface area (Å²) < 4.78 is 0. The Kier molecular flexibility index (Phi) is 5.43. The molecule has 0 aliphatic carbocycles. The van der Waals surface area contributed by atoms with E-state index >= 15 is 0 Å². The van der Waals surface area contributed by atoms with E-state index < -0.39 is 0 Å². The van der Waals surface area contributed by atoms with Gasteiger partial charge in [-0.3, -0.25) is 4.79 Å². The second kappa shape index (κ2) is 5.78. The van der Waals surface area contributed by atoms with Gasteiger partial charge in [0.15, 0.2) is 5.78 Å². The van der Waals surface area contributed by atoms with Crippen molar-refractivity contribution >= 4 is 18.2 Å². The van der Waals surface area contributed by atoms with E-state index in [-0.39, 0.29) is 30.2 Å². The molecule has 1 unspecified atom stereocenters. The average Bonchev–Trinajstić information content (AvgIpc) is 2.17. The van der Waals surface area contributed by atoms with Crippen molar-refractivity contribution in [1.29, 1.82) is 0 Å². The second-order valence-electron chi connectivity index (χ2n) is 3.50. The molecule has 2 N–H and O–H groups in total. The quantitative estimate of drug-likeness (QED) is 0.783. The molecular formula is C11H16ClNO. The van der Waals surface area contributed by atoms with Gasteiger partial charge >= 0.3 is 0 Å². The number of hydrogen-bond acceptors (Lipinski definition) is 2. The van der Waals surface area contributed by atoms with Crippen molar-refractivity contribution in [3.05, 3.63) is 35.9 Å². The normalized spacial score (nSPS) is 12.0. The van der Waals surface area contributed by atoms with E-state index in [0.29, 0.717) is 5.56 Å². The molecule has 78 valence electrons. The van der Waals surface area contributed by atoms with Gasteiger partial charge in [-0.1, -0.05) is 44.2 Å². The van der Waals surface area contributed by atoms with Crippen molar-refractivity contribution in [2.75, 3.05) is 0 Å². The van der Waals surface area contributed by atoms with E-state index in [2.05, 4.69) is 0 Å². The highest BCUT2D eigenvalue weighted by Crippen LogP contribution is 2.07. The Hall–Kier alpha value is -0.860. The highest BCUT2D eigenvalue weighted by molar-refractivity contribution is 6.00. The molecule has 14 heavy (non-hydrogen) atoms. The Bertz CT molecular complexity index is 285. The van der Waals surface area contributed by atoms with Crippen molar-refractivity contribution in [2.24, 2.45) is 11.7 Å². The van der Waals surface area contributed by atoms with Crippen LogP contribution in [0.3, 0.4) is 0 Å². The van der Waals surface area contributed by atoms with E-state index in [1.54, 1.807) is 12.1 Å². The molecule has 0 bridgehead atoms. The lowest BCUT2D eigenvalue weighted by Crippen LogP contribution is -2.35. The second-order valence-corrected chi connectivity index (χ2v) is 3.50. The van der Waals surface area contributed by atoms with Gasteiger partial charge in [0.1, 0.15) is 0 Å². The lowest BCUT2D eigenvalue weighted by atomic mass is 9.96. The molecule has 1 aromatic rings. The Balaban J connectivity index is 0.00000169. The molecule has 0 aromatic heterocycles. The first-order valence-corrected chi connectivity index (χ1v) is 4.47. The summed E-state index contributed by atoms with van der Waals surface area (Å²) in [4.78, 5) is 11.7. The minimum atomic E-state index is -0.387. The zero-order valence-corrected chi connectivity index (χ0v) is 9.25. The van der Waals surface area contributed by atoms with Gasteiger partial charge < -0.3 is 5.73 Å². The first-order chi connectivity index (χ1) is 6.13. The molecular weight excluding hydrogens is 198 g/mol. The number of nitrogens with two attached hydrogens (primary N) is 1. The number of benzene rings is 1. The third-order valence-electron chi connectivity index (χ3n) is 2.08. The minimum absolute atomic E-state index is 0. The minimum Gasteiger partial charge on any atom is -0.321 e. The lowest BCUT2D eigenvalue weighted by molar-refractivity contribution is 0.0940. The predicted molar refractivity (Wildman–Crippen MR) is 60.8 cm³/mol. The van der Waals surface area contributed by atoms with Crippen LogP contribution in [-0.2, 0) is 0 Å². The van der Waals surface area contributed by atoms with Gasteiger partial charge in [-0.15, -0.1) is 12.4 Å². The van der Waals surface area contributed by atoms with E-state index in [0.717, 1.165) is 0 Å². The van der Waals surface area contributed by atoms with Crippen LogP contribution in [-0.4, -0.2) is 11.8 Å².